The highest BCUT2D eigenvalue weighted by molar-refractivity contribution is 6.03. The number of hydrogen-bond acceptors (Lipinski definition) is 3. The van der Waals surface area contributed by atoms with Gasteiger partial charge in [0.25, 0.3) is 0 Å². The van der Waals surface area contributed by atoms with Gasteiger partial charge in [-0.1, -0.05) is 237 Å². The van der Waals surface area contributed by atoms with Crippen LogP contribution in [-0.2, 0) is 0 Å². The van der Waals surface area contributed by atoms with Crippen LogP contribution in [0.3, 0.4) is 0 Å². The highest BCUT2D eigenvalue weighted by Gasteiger charge is 2.27. The molecule has 3 heteroatoms. The normalized spacial score (nSPS) is 11.1. The average molecular weight is 920 g/mol. The fourth-order valence-electron chi connectivity index (χ4n) is 9.88. The predicted octanol–water partition coefficient (Wildman–Crippen LogP) is 19.2. The zero-order chi connectivity index (χ0) is 48.1. The molecule has 1 heterocycles. The molecule has 1 aromatic heterocycles. The Morgan fingerprint density at radius 1 is 0.208 bits per heavy atom. The number of anilines is 6. The van der Waals surface area contributed by atoms with Crippen LogP contribution in [0, 0.1) is 0 Å². The maximum Gasteiger partial charge on any atom is 0.0730 e. The third kappa shape index (κ3) is 8.95. The van der Waals surface area contributed by atoms with Crippen LogP contribution in [-0.4, -0.2) is 4.98 Å². The summed E-state index contributed by atoms with van der Waals surface area (Å²) in [4.78, 5) is 10.3. The Morgan fingerprint density at radius 3 is 1.14 bits per heavy atom. The predicted molar refractivity (Wildman–Crippen MR) is 304 cm³/mol. The zero-order valence-electron chi connectivity index (χ0n) is 39.6. The Hall–Kier alpha value is -9.57. The molecule has 0 atom stereocenters. The molecule has 0 radical (unpaired) electrons. The smallest absolute Gasteiger partial charge is 0.0730 e. The highest BCUT2D eigenvalue weighted by Crippen LogP contribution is 2.52. The molecule has 0 aliphatic rings. The SMILES string of the molecule is c1ccc(-c2ccc(N(c3cccc(-c4ccccc4)c3)c3cc(-c4ccccc4)cc(N(c4cc(-c5ccccc5)nc(-c5ccccc5)c4)c4ccc5ccccc5c4)c3-c3ccccc3)cc2)cc1. The molecule has 0 saturated carbocycles. The molecule has 0 aliphatic heterocycles. The molecule has 0 N–H and O–H groups in total. The third-order valence-electron chi connectivity index (χ3n) is 13.4. The summed E-state index contributed by atoms with van der Waals surface area (Å²) in [5.74, 6) is 0. The second-order valence-electron chi connectivity index (χ2n) is 18.0. The summed E-state index contributed by atoms with van der Waals surface area (Å²) in [5.41, 5.74) is 18.9. The lowest BCUT2D eigenvalue weighted by atomic mass is 9.93. The van der Waals surface area contributed by atoms with E-state index in [4.69, 9.17) is 4.98 Å². The van der Waals surface area contributed by atoms with Crippen molar-refractivity contribution in [3.8, 4) is 67.0 Å². The Balaban J connectivity index is 1.20. The maximum absolute atomic E-state index is 5.39. The van der Waals surface area contributed by atoms with Gasteiger partial charge in [0.05, 0.1) is 28.5 Å². The molecule has 0 unspecified atom stereocenters. The van der Waals surface area contributed by atoms with E-state index in [0.717, 1.165) is 101 Å². The van der Waals surface area contributed by atoms with Crippen molar-refractivity contribution < 1.29 is 0 Å². The molecule has 72 heavy (non-hydrogen) atoms. The molecule has 12 rings (SSSR count). The van der Waals surface area contributed by atoms with Gasteiger partial charge in [0, 0.05) is 33.8 Å². The van der Waals surface area contributed by atoms with E-state index in [1.54, 1.807) is 0 Å². The largest absolute Gasteiger partial charge is 0.310 e. The highest BCUT2D eigenvalue weighted by atomic mass is 15.2. The summed E-state index contributed by atoms with van der Waals surface area (Å²) < 4.78 is 0. The van der Waals surface area contributed by atoms with Crippen molar-refractivity contribution in [2.45, 2.75) is 0 Å². The zero-order valence-corrected chi connectivity index (χ0v) is 39.6. The first-order valence-electron chi connectivity index (χ1n) is 24.5. The van der Waals surface area contributed by atoms with E-state index >= 15 is 0 Å². The minimum Gasteiger partial charge on any atom is -0.310 e. The van der Waals surface area contributed by atoms with Crippen molar-refractivity contribution in [2.24, 2.45) is 0 Å². The van der Waals surface area contributed by atoms with Crippen LogP contribution in [0.1, 0.15) is 0 Å². The number of hydrogen-bond donors (Lipinski definition) is 0. The summed E-state index contributed by atoms with van der Waals surface area (Å²) in [6.45, 7) is 0. The lowest BCUT2D eigenvalue weighted by Crippen LogP contribution is -2.16. The summed E-state index contributed by atoms with van der Waals surface area (Å²) in [7, 11) is 0. The van der Waals surface area contributed by atoms with Crippen LogP contribution < -0.4 is 9.80 Å². The van der Waals surface area contributed by atoms with Gasteiger partial charge in [-0.05, 0) is 110 Å². The Labute approximate surface area is 421 Å². The Bertz CT molecular complexity index is 3710. The molecule has 0 amide bonds. The van der Waals surface area contributed by atoms with Gasteiger partial charge in [0.15, 0.2) is 0 Å². The van der Waals surface area contributed by atoms with Gasteiger partial charge in [-0.3, -0.25) is 0 Å². The number of pyridine rings is 1. The van der Waals surface area contributed by atoms with Gasteiger partial charge in [-0.25, -0.2) is 4.98 Å². The van der Waals surface area contributed by atoms with E-state index in [1.165, 1.54) is 10.9 Å². The van der Waals surface area contributed by atoms with Crippen LogP contribution in [0.5, 0.6) is 0 Å². The number of fused-ring (bicyclic) bond motifs is 1. The second-order valence-corrected chi connectivity index (χ2v) is 18.0. The molecule has 0 aliphatic carbocycles. The molecule has 12 aromatic rings. The second kappa shape index (κ2) is 19.8. The fraction of sp³-hybridized carbons (Fsp3) is 0. The molecule has 340 valence electrons. The topological polar surface area (TPSA) is 19.4 Å². The lowest BCUT2D eigenvalue weighted by molar-refractivity contribution is 1.23. The minimum atomic E-state index is 0.885. The molecule has 3 nitrogen and oxygen atoms in total. The van der Waals surface area contributed by atoms with Crippen molar-refractivity contribution in [1.29, 1.82) is 0 Å². The van der Waals surface area contributed by atoms with Gasteiger partial charge in [0.2, 0.25) is 0 Å². The number of aromatic nitrogens is 1. The van der Waals surface area contributed by atoms with Gasteiger partial charge in [0.1, 0.15) is 0 Å². The lowest BCUT2D eigenvalue weighted by Gasteiger charge is -2.34. The first-order chi connectivity index (χ1) is 35.7. The van der Waals surface area contributed by atoms with Crippen molar-refractivity contribution >= 4 is 44.9 Å². The number of benzene rings is 11. The molecular weight excluding hydrogens is 871 g/mol. The van der Waals surface area contributed by atoms with Gasteiger partial charge in [-0.2, -0.15) is 0 Å². The quantitative estimate of drug-likeness (QED) is 0.122. The maximum atomic E-state index is 5.39. The molecule has 0 fully saturated rings. The number of rotatable bonds is 12. The average Bonchev–Trinajstić information content (AvgIpc) is 3.47. The van der Waals surface area contributed by atoms with Crippen LogP contribution >= 0.6 is 0 Å². The minimum absolute atomic E-state index is 0.885. The van der Waals surface area contributed by atoms with Crippen LogP contribution in [0.15, 0.2) is 297 Å². The van der Waals surface area contributed by atoms with Gasteiger partial charge >= 0.3 is 0 Å². The monoisotopic (exact) mass is 919 g/mol. The molecule has 0 bridgehead atoms. The Morgan fingerprint density at radius 2 is 0.597 bits per heavy atom. The van der Waals surface area contributed by atoms with Gasteiger partial charge < -0.3 is 9.80 Å². The van der Waals surface area contributed by atoms with Crippen molar-refractivity contribution in [3.63, 3.8) is 0 Å². The molecule has 0 spiro atoms. The summed E-state index contributed by atoms with van der Waals surface area (Å²) in [5, 5.41) is 2.33. The fourth-order valence-corrected chi connectivity index (χ4v) is 9.88. The van der Waals surface area contributed by atoms with Crippen molar-refractivity contribution in [2.75, 3.05) is 9.80 Å². The molecule has 11 aromatic carbocycles. The van der Waals surface area contributed by atoms with Crippen molar-refractivity contribution in [3.05, 3.63) is 297 Å². The van der Waals surface area contributed by atoms with Crippen LogP contribution in [0.4, 0.5) is 34.1 Å². The van der Waals surface area contributed by atoms with Crippen LogP contribution in [0.25, 0.3) is 77.8 Å². The summed E-state index contributed by atoms with van der Waals surface area (Å²) in [6.07, 6.45) is 0. The van der Waals surface area contributed by atoms with Crippen LogP contribution in [0.2, 0.25) is 0 Å². The van der Waals surface area contributed by atoms with E-state index in [2.05, 4.69) is 307 Å². The summed E-state index contributed by atoms with van der Waals surface area (Å²) in [6, 6.07) is 107. The van der Waals surface area contributed by atoms with E-state index in [-0.39, 0.29) is 0 Å². The third-order valence-corrected chi connectivity index (χ3v) is 13.4. The van der Waals surface area contributed by atoms with E-state index in [0.29, 0.717) is 0 Å². The van der Waals surface area contributed by atoms with Gasteiger partial charge in [-0.15, -0.1) is 0 Å². The van der Waals surface area contributed by atoms with E-state index in [1.807, 2.05) is 0 Å². The van der Waals surface area contributed by atoms with Crippen molar-refractivity contribution in [1.82, 2.24) is 4.98 Å². The van der Waals surface area contributed by atoms with E-state index in [9.17, 15) is 0 Å². The van der Waals surface area contributed by atoms with E-state index < -0.39 is 0 Å². The first kappa shape index (κ1) is 43.7. The number of nitrogens with zero attached hydrogens (tertiary/aromatic N) is 3. The summed E-state index contributed by atoms with van der Waals surface area (Å²) >= 11 is 0. The standard InChI is InChI=1S/C69H49N3/c1-7-22-50(23-8-1)54-38-41-61(42-39-54)71(62-37-21-36-59(44-62)51-24-9-2-10-25-51)67-46-60(52-26-11-3-12-27-52)47-68(69(67)57-33-17-6-18-34-57)72(63-43-40-53-28-19-20-35-58(53)45-63)64-48-65(55-29-13-4-14-30-55)70-66(49-64)56-31-15-5-16-32-56/h1-49H. The first-order valence-corrected chi connectivity index (χ1v) is 24.5. The Kier molecular flexibility index (Phi) is 12.0. The molecule has 0 saturated heterocycles. The molecular formula is C69H49N3.